The lowest BCUT2D eigenvalue weighted by Crippen LogP contribution is -2.50. The highest BCUT2D eigenvalue weighted by Crippen LogP contribution is 2.26. The van der Waals surface area contributed by atoms with E-state index in [9.17, 15) is 9.59 Å². The molecule has 1 aliphatic heterocycles. The maximum atomic E-state index is 12.8. The number of carbonyl (C=O) groups excluding carboxylic acids is 1. The summed E-state index contributed by atoms with van der Waals surface area (Å²) >= 11 is 0. The van der Waals surface area contributed by atoms with Crippen molar-refractivity contribution >= 4 is 11.8 Å². The Morgan fingerprint density at radius 3 is 2.38 bits per heavy atom. The zero-order chi connectivity index (χ0) is 23.1. The Hall–Kier alpha value is -3.07. The minimum absolute atomic E-state index is 0.252. The molecule has 0 aliphatic carbocycles. The summed E-state index contributed by atoms with van der Waals surface area (Å²) < 4.78 is 18.1. The number of hydrogen-bond donors (Lipinski definition) is 0. The summed E-state index contributed by atoms with van der Waals surface area (Å²) in [4.78, 5) is 28.9. The second kappa shape index (κ2) is 10.5. The number of ether oxygens (including phenoxy) is 3. The molecular weight excluding hydrogens is 412 g/mol. The summed E-state index contributed by atoms with van der Waals surface area (Å²) in [6.07, 6.45) is -0.331. The zero-order valence-corrected chi connectivity index (χ0v) is 19.2. The normalized spacial score (nSPS) is 14.4. The van der Waals surface area contributed by atoms with Crippen LogP contribution in [-0.4, -0.2) is 72.4 Å². The third kappa shape index (κ3) is 6.23. The first kappa shape index (κ1) is 23.6. The van der Waals surface area contributed by atoms with Crippen LogP contribution in [0.2, 0.25) is 0 Å². The van der Waals surface area contributed by atoms with E-state index in [1.54, 1.807) is 11.0 Å². The van der Waals surface area contributed by atoms with E-state index < -0.39 is 5.60 Å². The fraction of sp³-hybridized carbons (Fsp3) is 0.522. The quantitative estimate of drug-likeness (QED) is 0.607. The number of hydrogen-bond acceptors (Lipinski definition) is 7. The maximum absolute atomic E-state index is 12.8. The van der Waals surface area contributed by atoms with E-state index >= 15 is 0 Å². The van der Waals surface area contributed by atoms with Gasteiger partial charge >= 0.3 is 6.09 Å². The number of nitrogens with zero attached hydrogens (tertiary/aromatic N) is 4. The predicted octanol–water partition coefficient (Wildman–Crippen LogP) is 2.70. The third-order valence-electron chi connectivity index (χ3n) is 4.82. The summed E-state index contributed by atoms with van der Waals surface area (Å²) in [6, 6.07) is 10.8. The Labute approximate surface area is 188 Å². The van der Waals surface area contributed by atoms with E-state index in [0.29, 0.717) is 63.3 Å². The van der Waals surface area contributed by atoms with Crippen molar-refractivity contribution in [1.82, 2.24) is 14.7 Å². The zero-order valence-electron chi connectivity index (χ0n) is 19.2. The van der Waals surface area contributed by atoms with E-state index in [0.717, 1.165) is 0 Å². The topological polar surface area (TPSA) is 86.1 Å². The highest BCUT2D eigenvalue weighted by Gasteiger charge is 2.28. The fourth-order valence-electron chi connectivity index (χ4n) is 3.31. The number of amides is 1. The van der Waals surface area contributed by atoms with Crippen molar-refractivity contribution in [3.63, 3.8) is 0 Å². The third-order valence-corrected chi connectivity index (χ3v) is 4.82. The van der Waals surface area contributed by atoms with Gasteiger partial charge in [-0.05, 0) is 39.8 Å². The number of aromatic nitrogens is 2. The monoisotopic (exact) mass is 444 g/mol. The fourth-order valence-corrected chi connectivity index (χ4v) is 3.31. The largest absolute Gasteiger partial charge is 0.473 e. The molecule has 0 N–H and O–H groups in total. The van der Waals surface area contributed by atoms with Gasteiger partial charge in [-0.25, -0.2) is 4.79 Å². The highest BCUT2D eigenvalue weighted by atomic mass is 16.6. The maximum Gasteiger partial charge on any atom is 0.410 e. The molecule has 0 radical (unpaired) electrons. The minimum Gasteiger partial charge on any atom is -0.473 e. The molecule has 1 saturated heterocycles. The van der Waals surface area contributed by atoms with Gasteiger partial charge in [0.15, 0.2) is 0 Å². The van der Waals surface area contributed by atoms with Gasteiger partial charge in [-0.3, -0.25) is 4.79 Å². The summed E-state index contributed by atoms with van der Waals surface area (Å²) in [5, 5.41) is 4.50. The molecule has 32 heavy (non-hydrogen) atoms. The van der Waals surface area contributed by atoms with Gasteiger partial charge < -0.3 is 24.0 Å². The molecule has 0 bridgehead atoms. The lowest BCUT2D eigenvalue weighted by molar-refractivity contribution is 0.0240. The molecule has 174 valence electrons. The Morgan fingerprint density at radius 2 is 1.75 bits per heavy atom. The number of carbonyl (C=O) groups is 1. The van der Waals surface area contributed by atoms with Crippen molar-refractivity contribution in [2.24, 2.45) is 0 Å². The molecule has 0 saturated carbocycles. The van der Waals surface area contributed by atoms with Crippen LogP contribution in [0.5, 0.6) is 5.88 Å². The molecule has 1 amide bonds. The second-order valence-corrected chi connectivity index (χ2v) is 8.42. The Balaban J connectivity index is 1.80. The molecule has 2 heterocycles. The van der Waals surface area contributed by atoms with Crippen LogP contribution in [0, 0.1) is 0 Å². The van der Waals surface area contributed by atoms with Crippen LogP contribution >= 0.6 is 0 Å². The van der Waals surface area contributed by atoms with E-state index in [1.165, 1.54) is 4.68 Å². The van der Waals surface area contributed by atoms with Crippen molar-refractivity contribution in [2.45, 2.75) is 33.3 Å². The highest BCUT2D eigenvalue weighted by molar-refractivity contribution is 5.69. The predicted molar refractivity (Wildman–Crippen MR) is 122 cm³/mol. The molecule has 9 heteroatoms. The second-order valence-electron chi connectivity index (χ2n) is 8.42. The molecule has 0 spiro atoms. The number of piperazine rings is 1. The molecule has 1 aromatic carbocycles. The first-order valence-electron chi connectivity index (χ1n) is 10.9. The molecule has 3 rings (SSSR count). The van der Waals surface area contributed by atoms with Gasteiger partial charge in [-0.15, -0.1) is 5.10 Å². The molecule has 0 atom stereocenters. The minimum atomic E-state index is -0.540. The van der Waals surface area contributed by atoms with E-state index in [-0.39, 0.29) is 11.7 Å². The van der Waals surface area contributed by atoms with Gasteiger partial charge in [0.25, 0.3) is 11.4 Å². The van der Waals surface area contributed by atoms with Crippen molar-refractivity contribution in [2.75, 3.05) is 50.9 Å². The van der Waals surface area contributed by atoms with Gasteiger partial charge in [0, 0.05) is 38.9 Å². The SMILES string of the molecule is CCOCCOc1nn(-c2ccccc2)c(=O)cc1N1CCN(C(=O)OC(C)(C)C)CC1. The Kier molecular flexibility index (Phi) is 7.74. The van der Waals surface area contributed by atoms with E-state index in [2.05, 4.69) is 5.10 Å². The van der Waals surface area contributed by atoms with Gasteiger partial charge in [0.2, 0.25) is 0 Å². The molecule has 9 nitrogen and oxygen atoms in total. The Bertz CT molecular complexity index is 947. The number of rotatable bonds is 7. The Morgan fingerprint density at radius 1 is 1.06 bits per heavy atom. The van der Waals surface area contributed by atoms with Crippen molar-refractivity contribution in [3.05, 3.63) is 46.8 Å². The van der Waals surface area contributed by atoms with Crippen molar-refractivity contribution in [1.29, 1.82) is 0 Å². The first-order valence-corrected chi connectivity index (χ1v) is 10.9. The molecule has 1 aromatic heterocycles. The van der Waals surface area contributed by atoms with E-state index in [1.807, 2.05) is 62.9 Å². The van der Waals surface area contributed by atoms with Crippen LogP contribution < -0.4 is 15.2 Å². The van der Waals surface area contributed by atoms with Crippen LogP contribution in [0.25, 0.3) is 5.69 Å². The summed E-state index contributed by atoms with van der Waals surface area (Å²) in [6.45, 7) is 10.8. The summed E-state index contributed by atoms with van der Waals surface area (Å²) in [5.74, 6) is 0.360. The van der Waals surface area contributed by atoms with Crippen LogP contribution in [-0.2, 0) is 9.47 Å². The van der Waals surface area contributed by atoms with Gasteiger partial charge in [-0.1, -0.05) is 18.2 Å². The number of anilines is 1. The van der Waals surface area contributed by atoms with Crippen LogP contribution in [0.4, 0.5) is 10.5 Å². The lowest BCUT2D eigenvalue weighted by Gasteiger charge is -2.36. The van der Waals surface area contributed by atoms with Gasteiger partial charge in [-0.2, -0.15) is 4.68 Å². The average Bonchev–Trinajstić information content (AvgIpc) is 2.77. The van der Waals surface area contributed by atoms with Crippen LogP contribution in [0.3, 0.4) is 0 Å². The van der Waals surface area contributed by atoms with Crippen molar-refractivity contribution in [3.8, 4) is 11.6 Å². The first-order chi connectivity index (χ1) is 15.3. The van der Waals surface area contributed by atoms with Crippen molar-refractivity contribution < 1.29 is 19.0 Å². The average molecular weight is 445 g/mol. The molecule has 0 unspecified atom stereocenters. The molecule has 2 aromatic rings. The molecule has 1 fully saturated rings. The van der Waals surface area contributed by atoms with E-state index in [4.69, 9.17) is 14.2 Å². The lowest BCUT2D eigenvalue weighted by atomic mass is 10.2. The summed E-state index contributed by atoms with van der Waals surface area (Å²) in [5.41, 5.74) is 0.482. The van der Waals surface area contributed by atoms with Crippen LogP contribution in [0.1, 0.15) is 27.7 Å². The summed E-state index contributed by atoms with van der Waals surface area (Å²) in [7, 11) is 0. The number of benzene rings is 1. The number of para-hydroxylation sites is 1. The molecule has 1 aliphatic rings. The van der Waals surface area contributed by atoms with Gasteiger partial charge in [0.05, 0.1) is 12.3 Å². The van der Waals surface area contributed by atoms with Crippen LogP contribution in [0.15, 0.2) is 41.2 Å². The standard InChI is InChI=1S/C23H32N4O5/c1-5-30-15-16-31-21-19(17-20(28)27(24-21)18-9-7-6-8-10-18)25-11-13-26(14-12-25)22(29)32-23(2,3)4/h6-10,17H,5,11-16H2,1-4H3. The smallest absolute Gasteiger partial charge is 0.410 e. The molecular formula is C23H32N4O5. The van der Waals surface area contributed by atoms with Gasteiger partial charge in [0.1, 0.15) is 17.9 Å².